The van der Waals surface area contributed by atoms with Crippen molar-refractivity contribution in [3.05, 3.63) is 22.4 Å². The van der Waals surface area contributed by atoms with Gasteiger partial charge in [0.15, 0.2) is 0 Å². The van der Waals surface area contributed by atoms with Crippen molar-refractivity contribution in [1.82, 2.24) is 5.32 Å². The molecule has 2 nitrogen and oxygen atoms in total. The fraction of sp³-hybridized carbons (Fsp3) is 0.545. The summed E-state index contributed by atoms with van der Waals surface area (Å²) in [4.78, 5) is 11.9. The summed E-state index contributed by atoms with van der Waals surface area (Å²) < 4.78 is 0. The average molecular weight is 290 g/mol. The molecule has 0 saturated heterocycles. The summed E-state index contributed by atoms with van der Waals surface area (Å²) in [6, 6.07) is 1.98. The molecule has 15 heavy (non-hydrogen) atoms. The first-order valence-corrected chi connectivity index (χ1v) is 6.87. The van der Waals surface area contributed by atoms with E-state index < -0.39 is 0 Å². The van der Waals surface area contributed by atoms with Crippen LogP contribution in [0.15, 0.2) is 16.8 Å². The molecule has 0 fully saturated rings. The molecule has 1 amide bonds. The van der Waals surface area contributed by atoms with Gasteiger partial charge in [0.1, 0.15) is 0 Å². The largest absolute Gasteiger partial charge is 0.355 e. The van der Waals surface area contributed by atoms with E-state index in [1.807, 2.05) is 16.8 Å². The lowest BCUT2D eigenvalue weighted by molar-refractivity contribution is -0.120. The number of alkyl halides is 1. The average Bonchev–Trinajstić information content (AvgIpc) is 2.66. The Morgan fingerprint density at radius 3 is 2.87 bits per heavy atom. The number of nitrogens with one attached hydrogen (secondary N) is 1. The molecule has 1 heterocycles. The summed E-state index contributed by atoms with van der Waals surface area (Å²) in [5, 5.41) is 6.92. The molecule has 0 saturated carbocycles. The van der Waals surface area contributed by atoms with Gasteiger partial charge in [0, 0.05) is 11.4 Å². The topological polar surface area (TPSA) is 29.1 Å². The second kappa shape index (κ2) is 6.28. The van der Waals surface area contributed by atoms with Gasteiger partial charge >= 0.3 is 0 Å². The van der Waals surface area contributed by atoms with Gasteiger partial charge < -0.3 is 5.32 Å². The number of thiophene rings is 1. The van der Waals surface area contributed by atoms with E-state index in [9.17, 15) is 4.79 Å². The molecular formula is C11H16BrNOS. The maximum atomic E-state index is 11.5. The van der Waals surface area contributed by atoms with Gasteiger partial charge in [-0.2, -0.15) is 11.3 Å². The summed E-state index contributed by atoms with van der Waals surface area (Å²) >= 11 is 5.16. The van der Waals surface area contributed by atoms with Crippen molar-refractivity contribution in [2.45, 2.75) is 25.1 Å². The van der Waals surface area contributed by atoms with E-state index in [0.29, 0.717) is 23.7 Å². The van der Waals surface area contributed by atoms with Crippen LogP contribution < -0.4 is 5.32 Å². The van der Waals surface area contributed by atoms with Gasteiger partial charge in [-0.1, -0.05) is 29.8 Å². The molecule has 1 rings (SSSR count). The lowest BCUT2D eigenvalue weighted by Crippen LogP contribution is -2.32. The highest BCUT2D eigenvalue weighted by atomic mass is 79.9. The Kier molecular flexibility index (Phi) is 5.32. The molecule has 0 bridgehead atoms. The first kappa shape index (κ1) is 12.7. The molecule has 0 aliphatic carbocycles. The molecule has 1 N–H and O–H groups in total. The molecule has 84 valence electrons. The minimum absolute atomic E-state index is 0.0958. The van der Waals surface area contributed by atoms with E-state index in [1.165, 1.54) is 0 Å². The fourth-order valence-corrected chi connectivity index (χ4v) is 1.92. The smallest absolute Gasteiger partial charge is 0.224 e. The van der Waals surface area contributed by atoms with E-state index in [2.05, 4.69) is 35.1 Å². The van der Waals surface area contributed by atoms with Crippen LogP contribution in [0.25, 0.3) is 0 Å². The van der Waals surface area contributed by atoms with Crippen molar-refractivity contribution in [2.24, 2.45) is 5.92 Å². The Morgan fingerprint density at radius 2 is 2.33 bits per heavy atom. The van der Waals surface area contributed by atoms with Crippen LogP contribution in [-0.4, -0.2) is 17.3 Å². The highest BCUT2D eigenvalue weighted by Crippen LogP contribution is 2.10. The highest BCUT2D eigenvalue weighted by Gasteiger charge is 2.10. The van der Waals surface area contributed by atoms with Crippen LogP contribution >= 0.6 is 27.3 Å². The SMILES string of the molecule is CC(C)C(Br)CNC(=O)Cc1ccsc1. The third kappa shape index (κ3) is 4.80. The van der Waals surface area contributed by atoms with E-state index in [4.69, 9.17) is 0 Å². The van der Waals surface area contributed by atoms with Crippen LogP contribution in [-0.2, 0) is 11.2 Å². The number of rotatable bonds is 5. The minimum Gasteiger partial charge on any atom is -0.355 e. The molecule has 0 aliphatic rings. The number of hydrogen-bond donors (Lipinski definition) is 1. The van der Waals surface area contributed by atoms with Crippen molar-refractivity contribution in [3.63, 3.8) is 0 Å². The molecule has 4 heteroatoms. The van der Waals surface area contributed by atoms with Crippen LogP contribution in [0.3, 0.4) is 0 Å². The van der Waals surface area contributed by atoms with E-state index >= 15 is 0 Å². The Labute approximate surface area is 103 Å². The number of hydrogen-bond acceptors (Lipinski definition) is 2. The number of amides is 1. The monoisotopic (exact) mass is 289 g/mol. The van der Waals surface area contributed by atoms with Gasteiger partial charge in [0.05, 0.1) is 6.42 Å². The standard InChI is InChI=1S/C11H16BrNOS/c1-8(2)10(12)6-13-11(14)5-9-3-4-15-7-9/h3-4,7-8,10H,5-6H2,1-2H3,(H,13,14). The van der Waals surface area contributed by atoms with Crippen molar-refractivity contribution in [2.75, 3.05) is 6.54 Å². The molecule has 1 aromatic heterocycles. The molecule has 0 spiro atoms. The molecule has 0 aliphatic heterocycles. The van der Waals surface area contributed by atoms with Gasteiger partial charge in [-0.05, 0) is 28.3 Å². The lowest BCUT2D eigenvalue weighted by Gasteiger charge is -2.14. The normalized spacial score (nSPS) is 12.8. The van der Waals surface area contributed by atoms with E-state index in [0.717, 1.165) is 5.56 Å². The van der Waals surface area contributed by atoms with Gasteiger partial charge in [0.25, 0.3) is 0 Å². The number of carbonyl (C=O) groups excluding carboxylic acids is 1. The van der Waals surface area contributed by atoms with Gasteiger partial charge in [-0.15, -0.1) is 0 Å². The van der Waals surface area contributed by atoms with Gasteiger partial charge in [-0.25, -0.2) is 0 Å². The maximum absolute atomic E-state index is 11.5. The summed E-state index contributed by atoms with van der Waals surface area (Å²) in [6.45, 7) is 4.95. The van der Waals surface area contributed by atoms with E-state index in [-0.39, 0.29) is 5.91 Å². The first-order valence-electron chi connectivity index (χ1n) is 5.01. The molecule has 1 atom stereocenters. The summed E-state index contributed by atoms with van der Waals surface area (Å²) in [7, 11) is 0. The molecule has 0 radical (unpaired) electrons. The molecule has 1 unspecified atom stereocenters. The summed E-state index contributed by atoms with van der Waals surface area (Å²) in [5.41, 5.74) is 1.09. The molecular weight excluding hydrogens is 274 g/mol. The molecule has 0 aromatic carbocycles. The highest BCUT2D eigenvalue weighted by molar-refractivity contribution is 9.09. The Hall–Kier alpha value is -0.350. The number of carbonyl (C=O) groups is 1. The zero-order valence-electron chi connectivity index (χ0n) is 9.00. The Bertz CT molecular complexity index is 298. The van der Waals surface area contributed by atoms with E-state index in [1.54, 1.807) is 11.3 Å². The van der Waals surface area contributed by atoms with Crippen LogP contribution in [0, 0.1) is 5.92 Å². The Morgan fingerprint density at radius 1 is 1.60 bits per heavy atom. The second-order valence-electron chi connectivity index (χ2n) is 3.87. The maximum Gasteiger partial charge on any atom is 0.224 e. The fourth-order valence-electron chi connectivity index (χ4n) is 1.09. The summed E-state index contributed by atoms with van der Waals surface area (Å²) in [6.07, 6.45) is 0.487. The third-order valence-corrected chi connectivity index (χ3v) is 4.28. The lowest BCUT2D eigenvalue weighted by atomic mass is 10.1. The van der Waals surface area contributed by atoms with Crippen molar-refractivity contribution < 1.29 is 4.79 Å². The number of halogens is 1. The minimum atomic E-state index is 0.0958. The van der Waals surface area contributed by atoms with Crippen molar-refractivity contribution >= 4 is 33.2 Å². The van der Waals surface area contributed by atoms with Crippen LogP contribution in [0.4, 0.5) is 0 Å². The Balaban J connectivity index is 2.25. The summed E-state index contributed by atoms with van der Waals surface area (Å²) in [5.74, 6) is 0.630. The van der Waals surface area contributed by atoms with Crippen LogP contribution in [0.5, 0.6) is 0 Å². The quantitative estimate of drug-likeness (QED) is 0.830. The second-order valence-corrected chi connectivity index (χ2v) is 5.83. The van der Waals surface area contributed by atoms with Crippen LogP contribution in [0.1, 0.15) is 19.4 Å². The van der Waals surface area contributed by atoms with Crippen molar-refractivity contribution in [1.29, 1.82) is 0 Å². The predicted octanol–water partition coefficient (Wildman–Crippen LogP) is 2.83. The first-order chi connectivity index (χ1) is 7.09. The van der Waals surface area contributed by atoms with Crippen molar-refractivity contribution in [3.8, 4) is 0 Å². The van der Waals surface area contributed by atoms with Crippen LogP contribution in [0.2, 0.25) is 0 Å². The van der Waals surface area contributed by atoms with Gasteiger partial charge in [0.2, 0.25) is 5.91 Å². The third-order valence-electron chi connectivity index (χ3n) is 2.16. The molecule has 1 aromatic rings. The zero-order chi connectivity index (χ0) is 11.3. The zero-order valence-corrected chi connectivity index (χ0v) is 11.4. The predicted molar refractivity (Wildman–Crippen MR) is 68.6 cm³/mol. The van der Waals surface area contributed by atoms with Gasteiger partial charge in [-0.3, -0.25) is 4.79 Å².